The second-order valence-corrected chi connectivity index (χ2v) is 2.79. The number of imidazole rings is 1. The summed E-state index contributed by atoms with van der Waals surface area (Å²) in [5.74, 6) is 0. The van der Waals surface area contributed by atoms with Crippen LogP contribution in [0.3, 0.4) is 0 Å². The Kier molecular flexibility index (Phi) is 3.76. The van der Waals surface area contributed by atoms with E-state index in [9.17, 15) is 0 Å². The molecule has 0 saturated heterocycles. The molecule has 0 aliphatic rings. The Bertz CT molecular complexity index is 219. The van der Waals surface area contributed by atoms with E-state index in [1.165, 1.54) is 0 Å². The molecule has 4 N–H and O–H groups in total. The second-order valence-electron chi connectivity index (χ2n) is 2.79. The molecule has 1 heterocycles. The van der Waals surface area contributed by atoms with Gasteiger partial charge in [0.25, 0.3) is 0 Å². The van der Waals surface area contributed by atoms with Gasteiger partial charge in [0.05, 0.1) is 12.0 Å². The van der Waals surface area contributed by atoms with Crippen LogP contribution in [0, 0.1) is 6.92 Å². The van der Waals surface area contributed by atoms with Crippen molar-refractivity contribution in [1.29, 1.82) is 0 Å². The molecular formula is C8H16N4. The summed E-state index contributed by atoms with van der Waals surface area (Å²) in [6.45, 7) is 4.55. The maximum absolute atomic E-state index is 5.36. The molecule has 68 valence electrons. The van der Waals surface area contributed by atoms with Gasteiger partial charge in [0, 0.05) is 12.2 Å². The highest BCUT2D eigenvalue weighted by Crippen LogP contribution is 1.98. The molecule has 1 aromatic rings. The summed E-state index contributed by atoms with van der Waals surface area (Å²) in [6.07, 6.45) is 2.73. The van der Waals surface area contributed by atoms with Crippen molar-refractivity contribution in [2.45, 2.75) is 19.9 Å². The van der Waals surface area contributed by atoms with Crippen molar-refractivity contribution in [3.05, 3.63) is 17.7 Å². The van der Waals surface area contributed by atoms with Crippen LogP contribution < -0.4 is 11.1 Å². The number of nitrogens with one attached hydrogen (secondary N) is 2. The maximum Gasteiger partial charge on any atom is 0.0925 e. The largest absolute Gasteiger partial charge is 0.348 e. The predicted molar refractivity (Wildman–Crippen MR) is 48.7 cm³/mol. The second kappa shape index (κ2) is 4.90. The number of hydrogen-bond donors (Lipinski definition) is 3. The summed E-state index contributed by atoms with van der Waals surface area (Å²) < 4.78 is 0. The van der Waals surface area contributed by atoms with Crippen LogP contribution in [0.1, 0.15) is 17.8 Å². The minimum Gasteiger partial charge on any atom is -0.348 e. The molecule has 0 unspecified atom stereocenters. The van der Waals surface area contributed by atoms with Gasteiger partial charge >= 0.3 is 0 Å². The number of aromatic nitrogens is 2. The van der Waals surface area contributed by atoms with Gasteiger partial charge in [-0.3, -0.25) is 0 Å². The molecule has 1 rings (SSSR count). The number of H-pyrrole nitrogens is 1. The van der Waals surface area contributed by atoms with E-state index in [0.717, 1.165) is 37.4 Å². The molecule has 0 aliphatic carbocycles. The van der Waals surface area contributed by atoms with Gasteiger partial charge in [0.1, 0.15) is 0 Å². The lowest BCUT2D eigenvalue weighted by molar-refractivity contribution is 0.646. The Labute approximate surface area is 72.6 Å². The monoisotopic (exact) mass is 168 g/mol. The number of rotatable bonds is 5. The summed E-state index contributed by atoms with van der Waals surface area (Å²) in [5.41, 5.74) is 7.58. The van der Waals surface area contributed by atoms with Gasteiger partial charge < -0.3 is 16.0 Å². The summed E-state index contributed by atoms with van der Waals surface area (Å²) >= 11 is 0. The smallest absolute Gasteiger partial charge is 0.0925 e. The lowest BCUT2D eigenvalue weighted by Crippen LogP contribution is -2.18. The van der Waals surface area contributed by atoms with Gasteiger partial charge in [-0.2, -0.15) is 0 Å². The third-order valence-electron chi connectivity index (χ3n) is 1.78. The van der Waals surface area contributed by atoms with Crippen LogP contribution in [0.5, 0.6) is 0 Å². The molecule has 0 atom stereocenters. The molecule has 0 spiro atoms. The molecule has 0 aromatic carbocycles. The summed E-state index contributed by atoms with van der Waals surface area (Å²) in [7, 11) is 0. The average Bonchev–Trinajstić information content (AvgIpc) is 2.46. The molecule has 0 amide bonds. The van der Waals surface area contributed by atoms with E-state index >= 15 is 0 Å². The predicted octanol–water partition coefficient (Wildman–Crippen LogP) is 0.157. The zero-order valence-corrected chi connectivity index (χ0v) is 7.43. The van der Waals surface area contributed by atoms with E-state index in [-0.39, 0.29) is 0 Å². The van der Waals surface area contributed by atoms with Gasteiger partial charge in [-0.1, -0.05) is 0 Å². The lowest BCUT2D eigenvalue weighted by atomic mass is 10.3. The van der Waals surface area contributed by atoms with Crippen LogP contribution in [-0.4, -0.2) is 23.1 Å². The molecular weight excluding hydrogens is 152 g/mol. The molecule has 4 heteroatoms. The van der Waals surface area contributed by atoms with E-state index < -0.39 is 0 Å². The fraction of sp³-hybridized carbons (Fsp3) is 0.625. The minimum absolute atomic E-state index is 0.743. The first-order valence-electron chi connectivity index (χ1n) is 4.24. The van der Waals surface area contributed by atoms with Crippen LogP contribution in [0.25, 0.3) is 0 Å². The summed E-state index contributed by atoms with van der Waals surface area (Å²) in [4.78, 5) is 7.20. The Morgan fingerprint density at radius 3 is 3.08 bits per heavy atom. The topological polar surface area (TPSA) is 66.7 Å². The lowest BCUT2D eigenvalue weighted by Gasteiger charge is -2.01. The first kappa shape index (κ1) is 9.22. The summed E-state index contributed by atoms with van der Waals surface area (Å²) in [6, 6.07) is 0. The van der Waals surface area contributed by atoms with Gasteiger partial charge in [-0.15, -0.1) is 0 Å². The van der Waals surface area contributed by atoms with Crippen molar-refractivity contribution in [3.63, 3.8) is 0 Å². The third-order valence-corrected chi connectivity index (χ3v) is 1.78. The van der Waals surface area contributed by atoms with Crippen LogP contribution in [0.4, 0.5) is 0 Å². The highest BCUT2D eigenvalue weighted by molar-refractivity contribution is 5.07. The van der Waals surface area contributed by atoms with E-state index in [4.69, 9.17) is 5.73 Å². The van der Waals surface area contributed by atoms with E-state index in [0.29, 0.717) is 0 Å². The standard InChI is InChI=1S/C8H16N4/c1-7-8(12-6-11-7)5-10-4-2-3-9/h6,10H,2-5,9H2,1H3,(H,11,12). The van der Waals surface area contributed by atoms with Gasteiger partial charge in [-0.25, -0.2) is 4.98 Å². The van der Waals surface area contributed by atoms with E-state index in [2.05, 4.69) is 15.3 Å². The minimum atomic E-state index is 0.743. The molecule has 0 fully saturated rings. The first-order valence-corrected chi connectivity index (χ1v) is 4.24. The quantitative estimate of drug-likeness (QED) is 0.548. The fourth-order valence-corrected chi connectivity index (χ4v) is 0.999. The molecule has 12 heavy (non-hydrogen) atoms. The molecule has 4 nitrogen and oxygen atoms in total. The molecule has 1 aromatic heterocycles. The average molecular weight is 168 g/mol. The van der Waals surface area contributed by atoms with Crippen molar-refractivity contribution < 1.29 is 0 Å². The number of aromatic amines is 1. The normalized spacial score (nSPS) is 10.5. The first-order chi connectivity index (χ1) is 5.84. The van der Waals surface area contributed by atoms with Crippen LogP contribution in [0.2, 0.25) is 0 Å². The Balaban J connectivity index is 2.20. The highest BCUT2D eigenvalue weighted by Gasteiger charge is 1.98. The van der Waals surface area contributed by atoms with Crippen molar-refractivity contribution in [3.8, 4) is 0 Å². The zero-order chi connectivity index (χ0) is 8.81. The van der Waals surface area contributed by atoms with Crippen LogP contribution in [-0.2, 0) is 6.54 Å². The molecule has 0 bridgehead atoms. The molecule has 0 aliphatic heterocycles. The molecule has 0 saturated carbocycles. The van der Waals surface area contributed by atoms with Gasteiger partial charge in [0.15, 0.2) is 0 Å². The third kappa shape index (κ3) is 2.64. The Morgan fingerprint density at radius 1 is 1.67 bits per heavy atom. The van der Waals surface area contributed by atoms with Crippen molar-refractivity contribution in [2.24, 2.45) is 5.73 Å². The number of aryl methyl sites for hydroxylation is 1. The maximum atomic E-state index is 5.36. The SMILES string of the molecule is Cc1[nH]cnc1CNCCCN. The highest BCUT2D eigenvalue weighted by atomic mass is 14.9. The fourth-order valence-electron chi connectivity index (χ4n) is 0.999. The van der Waals surface area contributed by atoms with Crippen LogP contribution >= 0.6 is 0 Å². The van der Waals surface area contributed by atoms with E-state index in [1.54, 1.807) is 6.33 Å². The van der Waals surface area contributed by atoms with E-state index in [1.807, 2.05) is 6.92 Å². The van der Waals surface area contributed by atoms with Gasteiger partial charge in [-0.05, 0) is 26.4 Å². The van der Waals surface area contributed by atoms with Crippen molar-refractivity contribution in [1.82, 2.24) is 15.3 Å². The summed E-state index contributed by atoms with van der Waals surface area (Å²) in [5, 5.41) is 3.27. The number of hydrogen-bond acceptors (Lipinski definition) is 3. The number of nitrogens with zero attached hydrogens (tertiary/aromatic N) is 1. The zero-order valence-electron chi connectivity index (χ0n) is 7.43. The Hall–Kier alpha value is -0.870. The van der Waals surface area contributed by atoms with Crippen LogP contribution in [0.15, 0.2) is 6.33 Å². The number of nitrogens with two attached hydrogens (primary N) is 1. The van der Waals surface area contributed by atoms with Gasteiger partial charge in [0.2, 0.25) is 0 Å². The van der Waals surface area contributed by atoms with Crippen molar-refractivity contribution in [2.75, 3.05) is 13.1 Å². The van der Waals surface area contributed by atoms with Crippen molar-refractivity contribution >= 4 is 0 Å². The molecule has 0 radical (unpaired) electrons. The Morgan fingerprint density at radius 2 is 2.50 bits per heavy atom.